The van der Waals surface area contributed by atoms with Crippen molar-refractivity contribution in [1.82, 2.24) is 35.2 Å². The van der Waals surface area contributed by atoms with Gasteiger partial charge in [0.1, 0.15) is 12.7 Å². The fourth-order valence-corrected chi connectivity index (χ4v) is 3.73. The molecule has 2 N–H and O–H groups in total. The minimum absolute atomic E-state index is 0.0196. The summed E-state index contributed by atoms with van der Waals surface area (Å²) in [5, 5.41) is 22.5. The van der Waals surface area contributed by atoms with Crippen molar-refractivity contribution in [2.75, 3.05) is 23.3 Å². The predicted molar refractivity (Wildman–Crippen MR) is 115 cm³/mol. The van der Waals surface area contributed by atoms with Gasteiger partial charge in [0.15, 0.2) is 11.6 Å². The summed E-state index contributed by atoms with van der Waals surface area (Å²) in [6.45, 7) is 1.45. The fraction of sp³-hybridized carbons (Fsp3) is 0.238. The zero-order chi connectivity index (χ0) is 21.0. The Morgan fingerprint density at radius 3 is 2.61 bits per heavy atom. The summed E-state index contributed by atoms with van der Waals surface area (Å²) in [6.07, 6.45) is 6.51. The topological polar surface area (TPSA) is 118 Å². The summed E-state index contributed by atoms with van der Waals surface area (Å²) >= 11 is 0. The van der Waals surface area contributed by atoms with Crippen LogP contribution in [0.3, 0.4) is 0 Å². The number of anilines is 2. The normalized spacial score (nSPS) is 16.3. The van der Waals surface area contributed by atoms with Gasteiger partial charge in [0, 0.05) is 25.0 Å². The molecule has 10 heteroatoms. The number of hydrogen-bond donors (Lipinski definition) is 2. The van der Waals surface area contributed by atoms with E-state index in [0.29, 0.717) is 12.4 Å². The molecular weight excluding hydrogens is 394 g/mol. The summed E-state index contributed by atoms with van der Waals surface area (Å²) < 4.78 is 1.56. The van der Waals surface area contributed by atoms with E-state index in [9.17, 15) is 4.79 Å². The standard InChI is InChI=1S/C21H21N9O/c31-21(25-17-5-3-15(4-6-17)18-9-10-23-26-18)16-2-1-11-29(12-16)19-7-8-20(28-27-19)30-14-22-13-24-30/h3-10,13-14,16H,1-2,11-12H2,(H,23,26)(H,25,31). The molecule has 1 aliphatic rings. The second-order valence-electron chi connectivity index (χ2n) is 7.41. The van der Waals surface area contributed by atoms with Crippen molar-refractivity contribution in [2.45, 2.75) is 12.8 Å². The van der Waals surface area contributed by atoms with Crippen molar-refractivity contribution in [3.8, 4) is 17.1 Å². The van der Waals surface area contributed by atoms with Gasteiger partial charge in [-0.15, -0.1) is 10.2 Å². The van der Waals surface area contributed by atoms with Crippen molar-refractivity contribution in [2.24, 2.45) is 5.92 Å². The maximum absolute atomic E-state index is 12.9. The van der Waals surface area contributed by atoms with Crippen LogP contribution in [-0.2, 0) is 4.79 Å². The Kier molecular flexibility index (Phi) is 5.09. The Labute approximate surface area is 178 Å². The molecule has 1 amide bonds. The van der Waals surface area contributed by atoms with Gasteiger partial charge in [0.2, 0.25) is 5.91 Å². The molecule has 4 aromatic rings. The highest BCUT2D eigenvalue weighted by Gasteiger charge is 2.27. The van der Waals surface area contributed by atoms with Gasteiger partial charge in [-0.2, -0.15) is 10.2 Å². The average Bonchev–Trinajstić information content (AvgIpc) is 3.55. The lowest BCUT2D eigenvalue weighted by molar-refractivity contribution is -0.120. The molecule has 1 fully saturated rings. The van der Waals surface area contributed by atoms with E-state index in [1.807, 2.05) is 42.5 Å². The van der Waals surface area contributed by atoms with Gasteiger partial charge in [-0.1, -0.05) is 12.1 Å². The predicted octanol–water partition coefficient (Wildman–Crippen LogP) is 2.30. The molecule has 1 atom stereocenters. The third-order valence-electron chi connectivity index (χ3n) is 5.37. The van der Waals surface area contributed by atoms with Crippen LogP contribution in [0, 0.1) is 5.92 Å². The molecule has 0 bridgehead atoms. The van der Waals surface area contributed by atoms with Crippen LogP contribution in [0.1, 0.15) is 12.8 Å². The van der Waals surface area contributed by atoms with Crippen molar-refractivity contribution in [1.29, 1.82) is 0 Å². The molecule has 1 saturated heterocycles. The first-order valence-electron chi connectivity index (χ1n) is 10.1. The Bertz CT molecular complexity index is 1120. The van der Waals surface area contributed by atoms with E-state index in [2.05, 4.69) is 40.7 Å². The van der Waals surface area contributed by atoms with Gasteiger partial charge in [-0.25, -0.2) is 9.67 Å². The van der Waals surface area contributed by atoms with Crippen molar-refractivity contribution >= 4 is 17.4 Å². The molecule has 31 heavy (non-hydrogen) atoms. The molecule has 0 spiro atoms. The number of carbonyl (C=O) groups is 1. The van der Waals surface area contributed by atoms with Crippen LogP contribution in [0.4, 0.5) is 11.5 Å². The smallest absolute Gasteiger partial charge is 0.229 e. The number of nitrogens with zero attached hydrogens (tertiary/aromatic N) is 7. The zero-order valence-electron chi connectivity index (χ0n) is 16.7. The maximum atomic E-state index is 12.9. The van der Waals surface area contributed by atoms with E-state index in [1.54, 1.807) is 17.2 Å². The highest BCUT2D eigenvalue weighted by atomic mass is 16.1. The van der Waals surface area contributed by atoms with Gasteiger partial charge in [-0.3, -0.25) is 9.89 Å². The molecule has 0 aliphatic carbocycles. The molecule has 1 unspecified atom stereocenters. The second kappa shape index (κ2) is 8.34. The van der Waals surface area contributed by atoms with Crippen LogP contribution >= 0.6 is 0 Å². The van der Waals surface area contributed by atoms with Gasteiger partial charge in [0.25, 0.3) is 0 Å². The molecule has 156 valence electrons. The Hall–Kier alpha value is -4.08. The Morgan fingerprint density at radius 2 is 1.90 bits per heavy atom. The lowest BCUT2D eigenvalue weighted by atomic mass is 9.97. The number of hydrogen-bond acceptors (Lipinski definition) is 7. The second-order valence-corrected chi connectivity index (χ2v) is 7.41. The number of rotatable bonds is 5. The zero-order valence-corrected chi connectivity index (χ0v) is 16.7. The first-order chi connectivity index (χ1) is 15.3. The van der Waals surface area contributed by atoms with Crippen LogP contribution in [0.15, 0.2) is 61.3 Å². The third kappa shape index (κ3) is 4.13. The third-order valence-corrected chi connectivity index (χ3v) is 5.37. The number of amides is 1. The lowest BCUT2D eigenvalue weighted by Gasteiger charge is -2.32. The van der Waals surface area contributed by atoms with Crippen LogP contribution < -0.4 is 10.2 Å². The highest BCUT2D eigenvalue weighted by molar-refractivity contribution is 5.93. The summed E-state index contributed by atoms with van der Waals surface area (Å²) in [5.41, 5.74) is 2.74. The van der Waals surface area contributed by atoms with Crippen LogP contribution in [-0.4, -0.2) is 54.2 Å². The van der Waals surface area contributed by atoms with Gasteiger partial charge in [0.05, 0.1) is 11.6 Å². The summed E-state index contributed by atoms with van der Waals surface area (Å²) in [6, 6.07) is 13.4. The number of aromatic amines is 1. The highest BCUT2D eigenvalue weighted by Crippen LogP contribution is 2.24. The van der Waals surface area contributed by atoms with Gasteiger partial charge >= 0.3 is 0 Å². The van der Waals surface area contributed by atoms with E-state index in [4.69, 9.17) is 0 Å². The van der Waals surface area contributed by atoms with E-state index >= 15 is 0 Å². The van der Waals surface area contributed by atoms with Crippen LogP contribution in [0.2, 0.25) is 0 Å². The number of H-pyrrole nitrogens is 1. The van der Waals surface area contributed by atoms with E-state index in [0.717, 1.165) is 42.1 Å². The molecular formula is C21H21N9O. The molecule has 5 rings (SSSR count). The fourth-order valence-electron chi connectivity index (χ4n) is 3.73. The quantitative estimate of drug-likeness (QED) is 0.513. The van der Waals surface area contributed by atoms with Gasteiger partial charge < -0.3 is 10.2 Å². The SMILES string of the molecule is O=C(Nc1ccc(-c2ccn[nH]2)cc1)C1CCCN(c2ccc(-n3cncn3)nn2)C1. The van der Waals surface area contributed by atoms with Crippen LogP contribution in [0.5, 0.6) is 0 Å². The molecule has 4 heterocycles. The summed E-state index contributed by atoms with van der Waals surface area (Å²) in [7, 11) is 0. The van der Waals surface area contributed by atoms with E-state index in [-0.39, 0.29) is 11.8 Å². The number of piperidine rings is 1. The number of benzene rings is 1. The van der Waals surface area contributed by atoms with Crippen molar-refractivity contribution in [3.05, 3.63) is 61.3 Å². The number of nitrogens with one attached hydrogen (secondary N) is 2. The first-order valence-corrected chi connectivity index (χ1v) is 10.1. The molecule has 0 saturated carbocycles. The summed E-state index contributed by atoms with van der Waals surface area (Å²) in [4.78, 5) is 18.9. The number of aromatic nitrogens is 7. The summed E-state index contributed by atoms with van der Waals surface area (Å²) in [5.74, 6) is 1.26. The minimum atomic E-state index is -0.113. The largest absolute Gasteiger partial charge is 0.354 e. The molecule has 3 aromatic heterocycles. The number of carbonyl (C=O) groups excluding carboxylic acids is 1. The molecule has 1 aliphatic heterocycles. The van der Waals surface area contributed by atoms with Crippen molar-refractivity contribution < 1.29 is 4.79 Å². The molecule has 10 nitrogen and oxygen atoms in total. The minimum Gasteiger partial charge on any atom is -0.354 e. The van der Waals surface area contributed by atoms with E-state index in [1.165, 1.54) is 6.33 Å². The van der Waals surface area contributed by atoms with Gasteiger partial charge in [-0.05, 0) is 48.7 Å². The van der Waals surface area contributed by atoms with E-state index < -0.39 is 0 Å². The van der Waals surface area contributed by atoms with Crippen LogP contribution in [0.25, 0.3) is 17.1 Å². The molecule has 1 aromatic carbocycles. The monoisotopic (exact) mass is 415 g/mol. The molecule has 0 radical (unpaired) electrons. The average molecular weight is 415 g/mol. The Balaban J connectivity index is 1.22. The maximum Gasteiger partial charge on any atom is 0.229 e. The lowest BCUT2D eigenvalue weighted by Crippen LogP contribution is -2.41. The van der Waals surface area contributed by atoms with Crippen molar-refractivity contribution in [3.63, 3.8) is 0 Å². The Morgan fingerprint density at radius 1 is 1.06 bits per heavy atom. The first kappa shape index (κ1) is 18.9.